The first-order valence-electron chi connectivity index (χ1n) is 10.8. The van der Waals surface area contributed by atoms with Gasteiger partial charge in [-0.15, -0.1) is 11.3 Å². The van der Waals surface area contributed by atoms with E-state index < -0.39 is 51.2 Å². The van der Waals surface area contributed by atoms with Gasteiger partial charge in [0.15, 0.2) is 9.84 Å². The van der Waals surface area contributed by atoms with Gasteiger partial charge in [-0.3, -0.25) is 19.6 Å². The quantitative estimate of drug-likeness (QED) is 0.254. The Balaban J connectivity index is 2.35. The van der Waals surface area contributed by atoms with Crippen LogP contribution in [0.25, 0.3) is 0 Å². The van der Waals surface area contributed by atoms with Crippen molar-refractivity contribution in [3.8, 4) is 0 Å². The number of carbonyl (C=O) groups is 3. The molecule has 34 heavy (non-hydrogen) atoms. The molecule has 0 radical (unpaired) electrons. The highest BCUT2D eigenvalue weighted by molar-refractivity contribution is 7.93. The number of rotatable bonds is 12. The van der Waals surface area contributed by atoms with Crippen LogP contribution in [0.5, 0.6) is 0 Å². The summed E-state index contributed by atoms with van der Waals surface area (Å²) in [6, 6.07) is 11.2. The average molecular weight is 510 g/mol. The minimum absolute atomic E-state index is 0.0678. The molecule has 0 fully saturated rings. The Bertz CT molecular complexity index is 1060. The molecule has 1 aromatic heterocycles. The topological polar surface area (TPSA) is 142 Å². The van der Waals surface area contributed by atoms with Crippen molar-refractivity contribution in [2.75, 3.05) is 12.8 Å². The van der Waals surface area contributed by atoms with Gasteiger partial charge < -0.3 is 10.6 Å². The first-order chi connectivity index (χ1) is 16.1. The lowest BCUT2D eigenvalue weighted by Gasteiger charge is -2.28. The lowest BCUT2D eigenvalue weighted by molar-refractivity contribution is -0.140. The molecule has 4 N–H and O–H groups in total. The van der Waals surface area contributed by atoms with E-state index in [1.165, 1.54) is 18.6 Å². The van der Waals surface area contributed by atoms with Crippen LogP contribution >= 0.6 is 11.3 Å². The Kier molecular flexibility index (Phi) is 10.2. The van der Waals surface area contributed by atoms with E-state index in [4.69, 9.17) is 0 Å². The molecule has 0 spiro atoms. The van der Waals surface area contributed by atoms with Crippen molar-refractivity contribution in [2.24, 2.45) is 17.8 Å². The monoisotopic (exact) mass is 509 g/mol. The summed E-state index contributed by atoms with van der Waals surface area (Å²) in [6.45, 7) is 3.67. The molecule has 0 saturated heterocycles. The molecule has 2 rings (SSSR count). The maximum Gasteiger partial charge on any atom is 0.248 e. The molecule has 0 saturated carbocycles. The number of likely N-dealkylation sites (N-methyl/N-ethyl adjacent to an activating group) is 1. The van der Waals surface area contributed by atoms with E-state index in [1.54, 1.807) is 11.4 Å². The Morgan fingerprint density at radius 2 is 1.65 bits per heavy atom. The molecular weight excluding hydrogens is 478 g/mol. The van der Waals surface area contributed by atoms with Crippen LogP contribution < -0.4 is 16.1 Å². The van der Waals surface area contributed by atoms with Crippen molar-refractivity contribution in [2.45, 2.75) is 36.9 Å². The van der Waals surface area contributed by atoms with E-state index in [0.29, 0.717) is 0 Å². The Morgan fingerprint density at radius 1 is 0.971 bits per heavy atom. The van der Waals surface area contributed by atoms with Gasteiger partial charge in [-0.1, -0.05) is 50.2 Å². The second-order valence-electron chi connectivity index (χ2n) is 8.40. The van der Waals surface area contributed by atoms with Gasteiger partial charge in [0, 0.05) is 13.5 Å². The molecule has 186 valence electrons. The summed E-state index contributed by atoms with van der Waals surface area (Å²) >= 11 is 1.01. The molecular formula is C23H31N3O6S2. The second kappa shape index (κ2) is 12.6. The lowest BCUT2D eigenvalue weighted by Crippen LogP contribution is -2.52. The van der Waals surface area contributed by atoms with Crippen LogP contribution in [0.4, 0.5) is 0 Å². The molecule has 0 aliphatic carbocycles. The summed E-state index contributed by atoms with van der Waals surface area (Å²) in [6.07, 6.45) is 0.390. The summed E-state index contributed by atoms with van der Waals surface area (Å²) in [5, 5.41) is 16.1. The van der Waals surface area contributed by atoms with Gasteiger partial charge in [0.2, 0.25) is 17.7 Å². The number of nitrogens with one attached hydrogen (secondary N) is 3. The molecule has 0 unspecified atom stereocenters. The number of carbonyl (C=O) groups excluding carboxylic acids is 3. The van der Waals surface area contributed by atoms with Crippen LogP contribution in [0.3, 0.4) is 0 Å². The molecule has 3 atom stereocenters. The smallest absolute Gasteiger partial charge is 0.248 e. The summed E-state index contributed by atoms with van der Waals surface area (Å²) in [7, 11) is -2.44. The van der Waals surface area contributed by atoms with E-state index in [0.717, 1.165) is 16.9 Å². The zero-order valence-electron chi connectivity index (χ0n) is 19.4. The van der Waals surface area contributed by atoms with E-state index in [1.807, 2.05) is 44.2 Å². The van der Waals surface area contributed by atoms with E-state index in [-0.39, 0.29) is 23.0 Å². The van der Waals surface area contributed by atoms with Crippen molar-refractivity contribution in [3.05, 3.63) is 53.4 Å². The highest BCUT2D eigenvalue weighted by Crippen LogP contribution is 2.27. The van der Waals surface area contributed by atoms with Gasteiger partial charge in [0.05, 0.1) is 17.6 Å². The third kappa shape index (κ3) is 7.64. The largest absolute Gasteiger partial charge is 0.357 e. The Labute approximate surface area is 203 Å². The van der Waals surface area contributed by atoms with Crippen molar-refractivity contribution in [1.82, 2.24) is 16.1 Å². The number of amides is 3. The number of sulfone groups is 1. The maximum absolute atomic E-state index is 13.4. The molecule has 3 amide bonds. The number of hydroxylamine groups is 1. The number of benzene rings is 1. The Morgan fingerprint density at radius 3 is 2.18 bits per heavy atom. The van der Waals surface area contributed by atoms with Gasteiger partial charge in [0.1, 0.15) is 10.3 Å². The fourth-order valence-electron chi connectivity index (χ4n) is 3.69. The molecule has 9 nitrogen and oxygen atoms in total. The minimum atomic E-state index is -3.90. The summed E-state index contributed by atoms with van der Waals surface area (Å²) in [5.41, 5.74) is 2.33. The maximum atomic E-state index is 13.4. The van der Waals surface area contributed by atoms with Gasteiger partial charge in [-0.2, -0.15) is 0 Å². The van der Waals surface area contributed by atoms with Crippen LogP contribution in [-0.2, 0) is 30.6 Å². The van der Waals surface area contributed by atoms with Crippen molar-refractivity contribution in [1.29, 1.82) is 0 Å². The van der Waals surface area contributed by atoms with Crippen molar-refractivity contribution in [3.63, 3.8) is 0 Å². The van der Waals surface area contributed by atoms with Crippen LogP contribution in [0.15, 0.2) is 52.1 Å². The predicted octanol–water partition coefficient (Wildman–Crippen LogP) is 1.78. The molecule has 0 aliphatic rings. The zero-order valence-corrected chi connectivity index (χ0v) is 21.0. The normalized spacial score (nSPS) is 14.1. The molecule has 2 aromatic rings. The number of thiophene rings is 1. The van der Waals surface area contributed by atoms with E-state index in [9.17, 15) is 28.0 Å². The fraction of sp³-hybridized carbons (Fsp3) is 0.435. The molecule has 1 aromatic carbocycles. The van der Waals surface area contributed by atoms with Gasteiger partial charge in [0.25, 0.3) is 0 Å². The average Bonchev–Trinajstić information content (AvgIpc) is 3.36. The number of hydrogen-bond acceptors (Lipinski definition) is 7. The highest BCUT2D eigenvalue weighted by Gasteiger charge is 2.39. The fourth-order valence-corrected chi connectivity index (χ4v) is 6.40. The molecule has 0 bridgehead atoms. The van der Waals surface area contributed by atoms with Crippen molar-refractivity contribution < 1.29 is 28.0 Å². The first-order valence-corrected chi connectivity index (χ1v) is 13.4. The molecule has 11 heteroatoms. The minimum Gasteiger partial charge on any atom is -0.357 e. The van der Waals surface area contributed by atoms with Crippen molar-refractivity contribution >= 4 is 38.9 Å². The summed E-state index contributed by atoms with van der Waals surface area (Å²) < 4.78 is 25.9. The third-order valence-corrected chi connectivity index (χ3v) is 8.62. The molecule has 0 aliphatic heterocycles. The lowest BCUT2D eigenvalue weighted by atomic mass is 9.84. The first kappa shape index (κ1) is 27.5. The van der Waals surface area contributed by atoms with E-state index >= 15 is 0 Å². The van der Waals surface area contributed by atoms with Crippen LogP contribution in [0.2, 0.25) is 0 Å². The SMILES string of the molecule is CNC(=O)[C@H](Cc1ccccc1)NC(=O)[C@H](CC(C)C)[C@H](CS(=O)(=O)c1cccs1)C(=O)NO. The van der Waals surface area contributed by atoms with Gasteiger partial charge in [-0.05, 0) is 29.3 Å². The highest BCUT2D eigenvalue weighted by atomic mass is 32.2. The van der Waals surface area contributed by atoms with Gasteiger partial charge in [-0.25, -0.2) is 13.9 Å². The van der Waals surface area contributed by atoms with E-state index in [2.05, 4.69) is 10.6 Å². The Hall–Kier alpha value is -2.76. The van der Waals surface area contributed by atoms with Gasteiger partial charge >= 0.3 is 0 Å². The number of hydrogen-bond donors (Lipinski definition) is 4. The zero-order chi connectivity index (χ0) is 25.3. The standard InChI is InChI=1S/C23H31N3O6S2/c1-15(2)12-17(18(22(28)26-30)14-34(31,32)20-10-7-11-33-20)21(27)25-19(23(29)24-3)13-16-8-5-4-6-9-16/h4-11,15,17-19,30H,12-14H2,1-3H3,(H,24,29)(H,25,27)(H,26,28)/t17-,18+,19+/m1/s1. The molecule has 1 heterocycles. The summed E-state index contributed by atoms with van der Waals surface area (Å²) in [5.74, 6) is -5.20. The second-order valence-corrected chi connectivity index (χ2v) is 11.6. The predicted molar refractivity (Wildman–Crippen MR) is 129 cm³/mol. The summed E-state index contributed by atoms with van der Waals surface area (Å²) in [4.78, 5) is 38.5. The van der Waals surface area contributed by atoms with Crippen LogP contribution in [-0.4, -0.2) is 50.2 Å². The van der Waals surface area contributed by atoms with Crippen LogP contribution in [0, 0.1) is 17.8 Å². The third-order valence-electron chi connectivity index (χ3n) is 5.36. The van der Waals surface area contributed by atoms with Crippen LogP contribution in [0.1, 0.15) is 25.8 Å².